The van der Waals surface area contributed by atoms with Crippen molar-refractivity contribution >= 4 is 5.97 Å². The molecular formula is C13H13NO4. The second kappa shape index (κ2) is 4.91. The van der Waals surface area contributed by atoms with Gasteiger partial charge < -0.3 is 14.3 Å². The van der Waals surface area contributed by atoms with E-state index in [1.807, 2.05) is 0 Å². The maximum absolute atomic E-state index is 11.6. The van der Waals surface area contributed by atoms with Crippen LogP contribution in [0.15, 0.2) is 28.7 Å². The summed E-state index contributed by atoms with van der Waals surface area (Å²) in [4.78, 5) is 15.7. The molecule has 0 radical (unpaired) electrons. The average molecular weight is 247 g/mol. The minimum absolute atomic E-state index is 0.160. The molecule has 1 aromatic heterocycles. The van der Waals surface area contributed by atoms with Crippen molar-refractivity contribution in [3.8, 4) is 17.2 Å². The van der Waals surface area contributed by atoms with Crippen molar-refractivity contribution in [1.82, 2.24) is 4.98 Å². The van der Waals surface area contributed by atoms with Gasteiger partial charge in [-0.2, -0.15) is 0 Å². The van der Waals surface area contributed by atoms with E-state index in [0.717, 1.165) is 0 Å². The lowest BCUT2D eigenvalue weighted by molar-refractivity contribution is 0.0518. The number of ether oxygens (including phenoxy) is 1. The Morgan fingerprint density at radius 2 is 2.06 bits per heavy atom. The molecule has 94 valence electrons. The zero-order valence-electron chi connectivity index (χ0n) is 10.1. The second-order valence-corrected chi connectivity index (χ2v) is 3.69. The molecule has 0 spiro atoms. The SMILES string of the molecule is CCOC(=O)c1nc(-c2ccc(O)cc2)oc1C. The van der Waals surface area contributed by atoms with Crippen LogP contribution in [0.5, 0.6) is 5.75 Å². The van der Waals surface area contributed by atoms with Crippen molar-refractivity contribution in [2.75, 3.05) is 6.61 Å². The highest BCUT2D eigenvalue weighted by molar-refractivity contribution is 5.88. The smallest absolute Gasteiger partial charge is 0.360 e. The molecule has 0 saturated carbocycles. The van der Waals surface area contributed by atoms with Crippen LogP contribution in [0, 0.1) is 6.92 Å². The number of carbonyl (C=O) groups is 1. The number of aromatic nitrogens is 1. The Morgan fingerprint density at radius 1 is 1.39 bits per heavy atom. The summed E-state index contributed by atoms with van der Waals surface area (Å²) in [6, 6.07) is 6.38. The van der Waals surface area contributed by atoms with E-state index in [0.29, 0.717) is 23.8 Å². The molecule has 1 N–H and O–H groups in total. The quantitative estimate of drug-likeness (QED) is 0.844. The van der Waals surface area contributed by atoms with Gasteiger partial charge in [0.05, 0.1) is 6.61 Å². The summed E-state index contributed by atoms with van der Waals surface area (Å²) in [5.41, 5.74) is 0.867. The van der Waals surface area contributed by atoms with Gasteiger partial charge in [-0.3, -0.25) is 0 Å². The Bertz CT molecular complexity index is 557. The first-order chi connectivity index (χ1) is 8.61. The van der Waals surface area contributed by atoms with Gasteiger partial charge in [0.2, 0.25) is 5.89 Å². The Hall–Kier alpha value is -2.30. The van der Waals surface area contributed by atoms with Crippen LogP contribution in [0.1, 0.15) is 23.2 Å². The first kappa shape index (κ1) is 12.2. The summed E-state index contributed by atoms with van der Waals surface area (Å²) in [6.07, 6.45) is 0. The zero-order chi connectivity index (χ0) is 13.1. The fourth-order valence-electron chi connectivity index (χ4n) is 1.51. The fourth-order valence-corrected chi connectivity index (χ4v) is 1.51. The van der Waals surface area contributed by atoms with Gasteiger partial charge in [0.25, 0.3) is 0 Å². The molecule has 0 aliphatic rings. The number of aromatic hydroxyl groups is 1. The predicted octanol–water partition coefficient (Wildman–Crippen LogP) is 2.53. The van der Waals surface area contributed by atoms with E-state index in [2.05, 4.69) is 4.98 Å². The molecule has 0 aliphatic carbocycles. The fraction of sp³-hybridized carbons (Fsp3) is 0.231. The normalized spacial score (nSPS) is 10.3. The first-order valence-electron chi connectivity index (χ1n) is 5.55. The largest absolute Gasteiger partial charge is 0.508 e. The standard InChI is InChI=1S/C13H13NO4/c1-3-17-13(16)11-8(2)18-12(14-11)9-4-6-10(15)7-5-9/h4-7,15H,3H2,1-2H3. The molecule has 1 heterocycles. The van der Waals surface area contributed by atoms with Gasteiger partial charge >= 0.3 is 5.97 Å². The van der Waals surface area contributed by atoms with Gasteiger partial charge in [-0.15, -0.1) is 0 Å². The topological polar surface area (TPSA) is 72.6 Å². The number of oxazole rings is 1. The van der Waals surface area contributed by atoms with Crippen LogP contribution >= 0.6 is 0 Å². The summed E-state index contributed by atoms with van der Waals surface area (Å²) in [5.74, 6) is 0.406. The molecule has 5 nitrogen and oxygen atoms in total. The number of hydrogen-bond acceptors (Lipinski definition) is 5. The van der Waals surface area contributed by atoms with Gasteiger partial charge in [-0.05, 0) is 38.1 Å². The third kappa shape index (κ3) is 2.34. The summed E-state index contributed by atoms with van der Waals surface area (Å²) in [5, 5.41) is 9.20. The number of hydrogen-bond donors (Lipinski definition) is 1. The van der Waals surface area contributed by atoms with Crippen molar-refractivity contribution in [3.05, 3.63) is 35.7 Å². The van der Waals surface area contributed by atoms with Gasteiger partial charge in [0.1, 0.15) is 11.5 Å². The second-order valence-electron chi connectivity index (χ2n) is 3.69. The molecule has 0 aliphatic heterocycles. The predicted molar refractivity (Wildman–Crippen MR) is 64.3 cm³/mol. The van der Waals surface area contributed by atoms with E-state index in [9.17, 15) is 9.90 Å². The van der Waals surface area contributed by atoms with Crippen LogP contribution in [0.4, 0.5) is 0 Å². The van der Waals surface area contributed by atoms with Crippen molar-refractivity contribution in [2.45, 2.75) is 13.8 Å². The van der Waals surface area contributed by atoms with Gasteiger partial charge in [0.15, 0.2) is 5.69 Å². The molecule has 0 bridgehead atoms. The summed E-state index contributed by atoms with van der Waals surface area (Å²) >= 11 is 0. The molecule has 18 heavy (non-hydrogen) atoms. The number of phenolic OH excluding ortho intramolecular Hbond substituents is 1. The van der Waals surface area contributed by atoms with Crippen LogP contribution in [0.2, 0.25) is 0 Å². The minimum Gasteiger partial charge on any atom is -0.508 e. The molecule has 0 amide bonds. The summed E-state index contributed by atoms with van der Waals surface area (Å²) in [7, 11) is 0. The highest BCUT2D eigenvalue weighted by atomic mass is 16.5. The molecule has 5 heteroatoms. The van der Waals surface area contributed by atoms with E-state index in [1.54, 1.807) is 26.0 Å². The number of phenols is 1. The Balaban J connectivity index is 2.34. The lowest BCUT2D eigenvalue weighted by Crippen LogP contribution is -2.06. The lowest BCUT2D eigenvalue weighted by Gasteiger charge is -1.96. The number of esters is 1. The van der Waals surface area contributed by atoms with E-state index in [4.69, 9.17) is 9.15 Å². The van der Waals surface area contributed by atoms with Crippen LogP contribution in [-0.2, 0) is 4.74 Å². The third-order valence-electron chi connectivity index (χ3n) is 2.38. The maximum atomic E-state index is 11.6. The van der Waals surface area contributed by atoms with E-state index >= 15 is 0 Å². The van der Waals surface area contributed by atoms with Crippen molar-refractivity contribution in [3.63, 3.8) is 0 Å². The van der Waals surface area contributed by atoms with Gasteiger partial charge in [-0.1, -0.05) is 0 Å². The molecule has 2 rings (SSSR count). The van der Waals surface area contributed by atoms with E-state index in [-0.39, 0.29) is 11.4 Å². The Kier molecular flexibility index (Phi) is 3.32. The number of benzene rings is 1. The first-order valence-corrected chi connectivity index (χ1v) is 5.55. The van der Waals surface area contributed by atoms with E-state index in [1.165, 1.54) is 12.1 Å². The molecule has 0 saturated heterocycles. The van der Waals surface area contributed by atoms with Crippen LogP contribution in [0.25, 0.3) is 11.5 Å². The number of carbonyl (C=O) groups excluding carboxylic acids is 1. The van der Waals surface area contributed by atoms with Crippen LogP contribution < -0.4 is 0 Å². The summed E-state index contributed by atoms with van der Waals surface area (Å²) in [6.45, 7) is 3.68. The Labute approximate surface area is 104 Å². The number of aryl methyl sites for hydroxylation is 1. The minimum atomic E-state index is -0.497. The molecule has 1 aromatic carbocycles. The monoisotopic (exact) mass is 247 g/mol. The van der Waals surface area contributed by atoms with Crippen LogP contribution in [-0.4, -0.2) is 22.7 Å². The molecule has 0 fully saturated rings. The van der Waals surface area contributed by atoms with Gasteiger partial charge in [-0.25, -0.2) is 9.78 Å². The Morgan fingerprint density at radius 3 is 2.67 bits per heavy atom. The van der Waals surface area contributed by atoms with Crippen molar-refractivity contribution in [2.24, 2.45) is 0 Å². The van der Waals surface area contributed by atoms with Crippen molar-refractivity contribution in [1.29, 1.82) is 0 Å². The summed E-state index contributed by atoms with van der Waals surface area (Å²) < 4.78 is 10.3. The molecular weight excluding hydrogens is 234 g/mol. The highest BCUT2D eigenvalue weighted by Gasteiger charge is 2.18. The highest BCUT2D eigenvalue weighted by Crippen LogP contribution is 2.23. The number of nitrogens with zero attached hydrogens (tertiary/aromatic N) is 1. The average Bonchev–Trinajstić information content (AvgIpc) is 2.72. The maximum Gasteiger partial charge on any atom is 0.360 e. The third-order valence-corrected chi connectivity index (χ3v) is 2.38. The van der Waals surface area contributed by atoms with Gasteiger partial charge in [0, 0.05) is 5.56 Å². The van der Waals surface area contributed by atoms with Crippen molar-refractivity contribution < 1.29 is 19.1 Å². The molecule has 0 atom stereocenters. The van der Waals surface area contributed by atoms with Crippen LogP contribution in [0.3, 0.4) is 0 Å². The number of rotatable bonds is 3. The molecule has 0 unspecified atom stereocenters. The van der Waals surface area contributed by atoms with E-state index < -0.39 is 5.97 Å². The zero-order valence-corrected chi connectivity index (χ0v) is 10.1. The lowest BCUT2D eigenvalue weighted by atomic mass is 10.2. The molecule has 2 aromatic rings.